The van der Waals surface area contributed by atoms with Gasteiger partial charge in [0.25, 0.3) is 0 Å². The number of nitrogens with one attached hydrogen (secondary N) is 1. The van der Waals surface area contributed by atoms with Crippen LogP contribution in [0.5, 0.6) is 0 Å². The maximum absolute atomic E-state index is 12.7. The summed E-state index contributed by atoms with van der Waals surface area (Å²) in [5.41, 5.74) is 0. The lowest BCUT2D eigenvalue weighted by Crippen LogP contribution is -2.36. The second-order valence-corrected chi connectivity index (χ2v) is 7.95. The van der Waals surface area contributed by atoms with Crippen molar-refractivity contribution in [3.8, 4) is 0 Å². The van der Waals surface area contributed by atoms with E-state index in [1.165, 1.54) is 30.6 Å². The van der Waals surface area contributed by atoms with E-state index in [0.717, 1.165) is 30.7 Å². The van der Waals surface area contributed by atoms with Crippen LogP contribution in [0.2, 0.25) is 0 Å². The minimum absolute atomic E-state index is 0.00990. The Labute approximate surface area is 130 Å². The second-order valence-electron chi connectivity index (χ2n) is 6.97. The average Bonchev–Trinajstić information content (AvgIpc) is 3.24. The first-order valence-electron chi connectivity index (χ1n) is 8.36. The van der Waals surface area contributed by atoms with Crippen molar-refractivity contribution in [3.05, 3.63) is 22.4 Å². The summed E-state index contributed by atoms with van der Waals surface area (Å²) in [5, 5.41) is 5.66. The number of hydrogen-bond acceptors (Lipinski definition) is 3. The lowest BCUT2D eigenvalue weighted by Gasteiger charge is -2.30. The van der Waals surface area contributed by atoms with Crippen LogP contribution in [-0.4, -0.2) is 23.4 Å². The van der Waals surface area contributed by atoms with Gasteiger partial charge in [-0.2, -0.15) is 0 Å². The molecule has 1 aromatic heterocycles. The number of nitrogens with zero attached hydrogens (tertiary/aromatic N) is 1. The van der Waals surface area contributed by atoms with Crippen molar-refractivity contribution in [2.75, 3.05) is 6.54 Å². The highest BCUT2D eigenvalue weighted by Crippen LogP contribution is 2.49. The Kier molecular flexibility index (Phi) is 3.54. The Morgan fingerprint density at radius 2 is 2.29 bits per heavy atom. The van der Waals surface area contributed by atoms with Crippen molar-refractivity contribution >= 4 is 17.2 Å². The molecule has 1 saturated heterocycles. The number of carbonyl (C=O) groups is 1. The van der Waals surface area contributed by atoms with Crippen LogP contribution >= 0.6 is 11.3 Å². The Morgan fingerprint density at radius 3 is 2.90 bits per heavy atom. The molecule has 0 spiro atoms. The van der Waals surface area contributed by atoms with Crippen LogP contribution in [0.4, 0.5) is 0 Å². The molecule has 2 heterocycles. The fourth-order valence-electron chi connectivity index (χ4n) is 4.70. The van der Waals surface area contributed by atoms with Gasteiger partial charge in [0.15, 0.2) is 0 Å². The Morgan fingerprint density at radius 1 is 1.38 bits per heavy atom. The summed E-state index contributed by atoms with van der Waals surface area (Å²) in [6.07, 6.45) is 6.59. The topological polar surface area (TPSA) is 32.3 Å². The van der Waals surface area contributed by atoms with Gasteiger partial charge in [0, 0.05) is 11.4 Å². The SMILES string of the molecule is CCC1NC(c2cccs2)N(CC2CC3CCC2C3)C1=O. The first-order valence-corrected chi connectivity index (χ1v) is 9.24. The molecule has 0 aromatic carbocycles. The van der Waals surface area contributed by atoms with Crippen LogP contribution in [-0.2, 0) is 4.79 Å². The van der Waals surface area contributed by atoms with Gasteiger partial charge in [0.05, 0.1) is 6.04 Å². The molecule has 1 aliphatic heterocycles. The second kappa shape index (κ2) is 5.40. The molecule has 1 aromatic rings. The van der Waals surface area contributed by atoms with E-state index in [1.54, 1.807) is 11.3 Å². The molecule has 3 fully saturated rings. The Bertz CT molecular complexity index is 515. The van der Waals surface area contributed by atoms with Crippen LogP contribution < -0.4 is 5.32 Å². The highest BCUT2D eigenvalue weighted by atomic mass is 32.1. The van der Waals surface area contributed by atoms with E-state index < -0.39 is 0 Å². The predicted molar refractivity (Wildman–Crippen MR) is 84.9 cm³/mol. The van der Waals surface area contributed by atoms with Crippen LogP contribution in [0.15, 0.2) is 17.5 Å². The highest BCUT2D eigenvalue weighted by Gasteiger charge is 2.45. The van der Waals surface area contributed by atoms with E-state index in [-0.39, 0.29) is 12.2 Å². The smallest absolute Gasteiger partial charge is 0.241 e. The molecule has 114 valence electrons. The van der Waals surface area contributed by atoms with Crippen LogP contribution in [0.1, 0.15) is 50.1 Å². The van der Waals surface area contributed by atoms with Gasteiger partial charge >= 0.3 is 0 Å². The summed E-state index contributed by atoms with van der Waals surface area (Å²) in [7, 11) is 0. The van der Waals surface area contributed by atoms with Gasteiger partial charge in [-0.3, -0.25) is 10.1 Å². The maximum Gasteiger partial charge on any atom is 0.241 e. The van der Waals surface area contributed by atoms with E-state index >= 15 is 0 Å². The first kappa shape index (κ1) is 13.8. The van der Waals surface area contributed by atoms with E-state index in [9.17, 15) is 4.79 Å². The predicted octanol–water partition coefficient (Wildman–Crippen LogP) is 3.39. The fourth-order valence-corrected chi connectivity index (χ4v) is 5.50. The zero-order chi connectivity index (χ0) is 14.4. The number of carbonyl (C=O) groups excluding carboxylic acids is 1. The first-order chi connectivity index (χ1) is 10.3. The van der Waals surface area contributed by atoms with Crippen LogP contribution in [0.3, 0.4) is 0 Å². The van der Waals surface area contributed by atoms with Crippen molar-refractivity contribution in [2.45, 2.75) is 51.2 Å². The third-order valence-corrected chi connectivity index (χ3v) is 6.71. The quantitative estimate of drug-likeness (QED) is 0.924. The fraction of sp³-hybridized carbons (Fsp3) is 0.706. The number of rotatable bonds is 4. The summed E-state index contributed by atoms with van der Waals surface area (Å²) in [5.74, 6) is 2.89. The van der Waals surface area contributed by atoms with Crippen LogP contribution in [0, 0.1) is 17.8 Å². The molecule has 2 aliphatic carbocycles. The van der Waals surface area contributed by atoms with Gasteiger partial charge in [-0.15, -0.1) is 11.3 Å². The zero-order valence-corrected chi connectivity index (χ0v) is 13.4. The van der Waals surface area contributed by atoms with Gasteiger partial charge < -0.3 is 4.90 Å². The lowest BCUT2D eigenvalue weighted by molar-refractivity contribution is -0.131. The van der Waals surface area contributed by atoms with Crippen molar-refractivity contribution in [3.63, 3.8) is 0 Å². The maximum atomic E-state index is 12.7. The minimum Gasteiger partial charge on any atom is -0.320 e. The van der Waals surface area contributed by atoms with E-state index in [2.05, 4.69) is 34.7 Å². The van der Waals surface area contributed by atoms with Gasteiger partial charge in [-0.25, -0.2) is 0 Å². The normalized spacial score (nSPS) is 38.6. The summed E-state index contributed by atoms with van der Waals surface area (Å²) >= 11 is 1.76. The summed E-state index contributed by atoms with van der Waals surface area (Å²) < 4.78 is 0. The Balaban J connectivity index is 1.54. The molecule has 5 atom stereocenters. The molecular formula is C17H24N2OS. The van der Waals surface area contributed by atoms with Gasteiger partial charge in [0.2, 0.25) is 5.91 Å². The Hall–Kier alpha value is -0.870. The van der Waals surface area contributed by atoms with E-state index in [1.807, 2.05) is 0 Å². The zero-order valence-electron chi connectivity index (χ0n) is 12.6. The highest BCUT2D eigenvalue weighted by molar-refractivity contribution is 7.10. The largest absolute Gasteiger partial charge is 0.320 e. The number of amides is 1. The third kappa shape index (κ3) is 2.33. The number of fused-ring (bicyclic) bond motifs is 2. The van der Waals surface area contributed by atoms with Gasteiger partial charge in [0.1, 0.15) is 6.17 Å². The minimum atomic E-state index is 0.00990. The van der Waals surface area contributed by atoms with Crippen LogP contribution in [0.25, 0.3) is 0 Å². The van der Waals surface area contributed by atoms with E-state index in [4.69, 9.17) is 0 Å². The monoisotopic (exact) mass is 304 g/mol. The standard InChI is InChI=1S/C17H24N2OS/c1-2-14-17(20)19(16(18-14)15-4-3-7-21-15)10-13-9-11-5-6-12(13)8-11/h3-4,7,11-14,16,18H,2,5-6,8-10H2,1H3. The van der Waals surface area contributed by atoms with Crippen molar-refractivity contribution in [2.24, 2.45) is 17.8 Å². The van der Waals surface area contributed by atoms with Crippen molar-refractivity contribution in [1.29, 1.82) is 0 Å². The lowest BCUT2D eigenvalue weighted by atomic mass is 9.88. The molecule has 1 amide bonds. The van der Waals surface area contributed by atoms with Crippen molar-refractivity contribution < 1.29 is 4.79 Å². The molecule has 4 heteroatoms. The molecule has 0 radical (unpaired) electrons. The summed E-state index contributed by atoms with van der Waals surface area (Å²) in [6.45, 7) is 3.06. The summed E-state index contributed by atoms with van der Waals surface area (Å²) in [6, 6.07) is 4.25. The molecule has 4 rings (SSSR count). The average molecular weight is 304 g/mol. The van der Waals surface area contributed by atoms with Gasteiger partial charge in [-0.1, -0.05) is 19.4 Å². The molecular weight excluding hydrogens is 280 g/mol. The number of thiophene rings is 1. The van der Waals surface area contributed by atoms with Gasteiger partial charge in [-0.05, 0) is 54.9 Å². The third-order valence-electron chi connectivity index (χ3n) is 5.79. The molecule has 1 N–H and O–H groups in total. The van der Waals surface area contributed by atoms with E-state index in [0.29, 0.717) is 5.91 Å². The molecule has 2 bridgehead atoms. The molecule has 2 saturated carbocycles. The molecule has 3 aliphatic rings. The van der Waals surface area contributed by atoms with Crippen molar-refractivity contribution in [1.82, 2.24) is 10.2 Å². The molecule has 3 nitrogen and oxygen atoms in total. The number of hydrogen-bond donors (Lipinski definition) is 1. The molecule has 5 unspecified atom stereocenters. The molecule has 21 heavy (non-hydrogen) atoms. The summed E-state index contributed by atoms with van der Waals surface area (Å²) in [4.78, 5) is 16.1.